The van der Waals surface area contributed by atoms with Crippen LogP contribution in [0.25, 0.3) is 16.8 Å². The molecule has 1 amide bonds. The van der Waals surface area contributed by atoms with Gasteiger partial charge >= 0.3 is 0 Å². The molecule has 1 aromatic carbocycles. The highest BCUT2D eigenvalue weighted by atomic mass is 19.2. The van der Waals surface area contributed by atoms with Crippen LogP contribution < -0.4 is 0 Å². The molecule has 10 heteroatoms. The van der Waals surface area contributed by atoms with Crippen LogP contribution in [0.4, 0.5) is 13.2 Å². The van der Waals surface area contributed by atoms with Crippen molar-refractivity contribution in [3.05, 3.63) is 71.2 Å². The highest BCUT2D eigenvalue weighted by Crippen LogP contribution is 2.45. The van der Waals surface area contributed by atoms with E-state index in [9.17, 15) is 18.0 Å². The summed E-state index contributed by atoms with van der Waals surface area (Å²) in [7, 11) is 1.69. The van der Waals surface area contributed by atoms with Gasteiger partial charge in [-0.15, -0.1) is 0 Å². The van der Waals surface area contributed by atoms with Crippen molar-refractivity contribution in [3.8, 4) is 11.3 Å². The predicted molar refractivity (Wildman–Crippen MR) is 112 cm³/mol. The molecular weight excluding hydrogens is 433 g/mol. The van der Waals surface area contributed by atoms with Gasteiger partial charge in [0.15, 0.2) is 17.5 Å². The van der Waals surface area contributed by atoms with Gasteiger partial charge < -0.3 is 4.90 Å². The number of piperidine rings is 1. The summed E-state index contributed by atoms with van der Waals surface area (Å²) in [6.07, 6.45) is 9.44. The highest BCUT2D eigenvalue weighted by Gasteiger charge is 2.44. The van der Waals surface area contributed by atoms with Crippen molar-refractivity contribution in [3.63, 3.8) is 0 Å². The summed E-state index contributed by atoms with van der Waals surface area (Å²) >= 11 is 0. The maximum atomic E-state index is 14.0. The molecule has 168 valence electrons. The van der Waals surface area contributed by atoms with Gasteiger partial charge in [0.05, 0.1) is 40.9 Å². The fourth-order valence-corrected chi connectivity index (χ4v) is 5.34. The van der Waals surface area contributed by atoms with Crippen molar-refractivity contribution in [2.45, 2.75) is 37.8 Å². The summed E-state index contributed by atoms with van der Waals surface area (Å²) in [4.78, 5) is 19.6. The van der Waals surface area contributed by atoms with Crippen molar-refractivity contribution in [2.24, 2.45) is 7.05 Å². The molecule has 1 saturated heterocycles. The van der Waals surface area contributed by atoms with Gasteiger partial charge in [0.25, 0.3) is 5.91 Å². The number of benzene rings is 1. The number of amides is 1. The average Bonchev–Trinajstić information content (AvgIpc) is 3.37. The number of aromatic nitrogens is 5. The van der Waals surface area contributed by atoms with Gasteiger partial charge in [-0.3, -0.25) is 14.5 Å². The Morgan fingerprint density at radius 1 is 1.12 bits per heavy atom. The molecule has 0 spiro atoms. The molecule has 6 rings (SSSR count). The van der Waals surface area contributed by atoms with E-state index >= 15 is 0 Å². The second-order valence-electron chi connectivity index (χ2n) is 8.57. The molecule has 33 heavy (non-hydrogen) atoms. The van der Waals surface area contributed by atoms with E-state index in [4.69, 9.17) is 0 Å². The Morgan fingerprint density at radius 2 is 1.91 bits per heavy atom. The lowest BCUT2D eigenvalue weighted by Gasteiger charge is -2.45. The Hall–Kier alpha value is -3.69. The van der Waals surface area contributed by atoms with Crippen LogP contribution in [-0.4, -0.2) is 41.2 Å². The molecular formula is C23H19F3N6O. The second-order valence-corrected chi connectivity index (χ2v) is 8.57. The van der Waals surface area contributed by atoms with E-state index in [1.807, 2.05) is 4.90 Å². The Morgan fingerprint density at radius 3 is 2.70 bits per heavy atom. The fourth-order valence-electron chi connectivity index (χ4n) is 5.34. The molecule has 0 radical (unpaired) electrons. The zero-order chi connectivity index (χ0) is 22.9. The number of rotatable bonds is 2. The van der Waals surface area contributed by atoms with E-state index in [2.05, 4.69) is 15.2 Å². The van der Waals surface area contributed by atoms with Crippen molar-refractivity contribution in [1.29, 1.82) is 0 Å². The number of aryl methyl sites for hydroxylation is 1. The lowest BCUT2D eigenvalue weighted by Crippen LogP contribution is -2.49. The molecule has 2 atom stereocenters. The number of fused-ring (bicyclic) bond motifs is 5. The number of carbonyl (C=O) groups excluding carboxylic acids is 1. The molecule has 1 fully saturated rings. The lowest BCUT2D eigenvalue weighted by atomic mass is 9.81. The van der Waals surface area contributed by atoms with Crippen LogP contribution in [0.3, 0.4) is 0 Å². The minimum absolute atomic E-state index is 0.0894. The number of hydrogen-bond acceptors (Lipinski definition) is 4. The summed E-state index contributed by atoms with van der Waals surface area (Å²) in [6.45, 7) is 0. The third-order valence-electron chi connectivity index (χ3n) is 6.72. The first kappa shape index (κ1) is 20.0. The minimum Gasteiger partial charge on any atom is -0.327 e. The van der Waals surface area contributed by atoms with Crippen LogP contribution in [0.2, 0.25) is 0 Å². The van der Waals surface area contributed by atoms with Crippen LogP contribution in [0.5, 0.6) is 0 Å². The lowest BCUT2D eigenvalue weighted by molar-refractivity contribution is 0.0394. The van der Waals surface area contributed by atoms with Gasteiger partial charge in [-0.1, -0.05) is 0 Å². The van der Waals surface area contributed by atoms with E-state index in [0.29, 0.717) is 23.2 Å². The van der Waals surface area contributed by atoms with Crippen LogP contribution in [0.1, 0.15) is 46.9 Å². The SMILES string of the molecule is Cn1nc2c(c1-c1cc(F)c(F)c(F)c1)CC1CCCC2N1C(=O)c1cnn2ccncc12. The molecule has 3 aromatic heterocycles. The molecule has 2 bridgehead atoms. The summed E-state index contributed by atoms with van der Waals surface area (Å²) in [5, 5.41) is 8.92. The maximum Gasteiger partial charge on any atom is 0.258 e. The van der Waals surface area contributed by atoms with Gasteiger partial charge in [-0.2, -0.15) is 10.2 Å². The fraction of sp³-hybridized carbons (Fsp3) is 0.304. The normalized spacial score (nSPS) is 19.7. The first-order valence-electron chi connectivity index (χ1n) is 10.7. The molecule has 7 nitrogen and oxygen atoms in total. The van der Waals surface area contributed by atoms with E-state index in [-0.39, 0.29) is 23.6 Å². The predicted octanol–water partition coefficient (Wildman–Crippen LogP) is 3.84. The Bertz CT molecular complexity index is 1400. The van der Waals surface area contributed by atoms with Crippen molar-refractivity contribution in [1.82, 2.24) is 29.3 Å². The van der Waals surface area contributed by atoms with Gasteiger partial charge in [0.2, 0.25) is 0 Å². The number of halogens is 3. The van der Waals surface area contributed by atoms with E-state index in [0.717, 1.165) is 42.7 Å². The standard InChI is InChI=1S/C23H19F3N6O/c1-30-22(12-7-16(24)20(26)17(25)8-12)14-9-13-3-2-4-18(21(14)29-30)32(13)23(33)15-10-28-31-6-5-27-11-19(15)31/h5-8,10-11,13,18H,2-4,9H2,1H3. The second kappa shape index (κ2) is 7.16. The van der Waals surface area contributed by atoms with Crippen LogP contribution in [-0.2, 0) is 13.5 Å². The number of nitrogens with zero attached hydrogens (tertiary/aromatic N) is 6. The Labute approximate surface area is 186 Å². The first-order valence-corrected chi connectivity index (χ1v) is 10.7. The third kappa shape index (κ3) is 2.89. The quantitative estimate of drug-likeness (QED) is 0.434. The summed E-state index contributed by atoms with van der Waals surface area (Å²) in [5.41, 5.74) is 3.45. The van der Waals surface area contributed by atoms with Crippen molar-refractivity contribution >= 4 is 11.4 Å². The molecule has 2 aliphatic rings. The van der Waals surface area contributed by atoms with Crippen LogP contribution in [0, 0.1) is 17.5 Å². The molecule has 2 aliphatic heterocycles. The van der Waals surface area contributed by atoms with Crippen LogP contribution in [0.15, 0.2) is 36.9 Å². The monoisotopic (exact) mass is 452 g/mol. The largest absolute Gasteiger partial charge is 0.327 e. The number of carbonyl (C=O) groups is 1. The van der Waals surface area contributed by atoms with E-state index < -0.39 is 17.5 Å². The van der Waals surface area contributed by atoms with Crippen molar-refractivity contribution < 1.29 is 18.0 Å². The maximum absolute atomic E-state index is 14.0. The molecule has 0 saturated carbocycles. The van der Waals surface area contributed by atoms with Crippen LogP contribution >= 0.6 is 0 Å². The first-order chi connectivity index (χ1) is 15.9. The zero-order valence-electron chi connectivity index (χ0n) is 17.7. The zero-order valence-corrected chi connectivity index (χ0v) is 17.7. The average molecular weight is 452 g/mol. The molecule has 0 aliphatic carbocycles. The molecule has 4 aromatic rings. The Kier molecular flexibility index (Phi) is 4.33. The van der Waals surface area contributed by atoms with E-state index in [1.165, 1.54) is 0 Å². The minimum atomic E-state index is -1.49. The van der Waals surface area contributed by atoms with Gasteiger partial charge in [0.1, 0.15) is 0 Å². The summed E-state index contributed by atoms with van der Waals surface area (Å²) in [6, 6.07) is 1.64. The van der Waals surface area contributed by atoms with Gasteiger partial charge in [-0.25, -0.2) is 17.7 Å². The van der Waals surface area contributed by atoms with E-state index in [1.54, 1.807) is 41.0 Å². The summed E-state index contributed by atoms with van der Waals surface area (Å²) in [5.74, 6) is -4.11. The van der Waals surface area contributed by atoms with Crippen molar-refractivity contribution in [2.75, 3.05) is 0 Å². The highest BCUT2D eigenvalue weighted by molar-refractivity contribution is 6.01. The molecule has 5 heterocycles. The molecule has 2 unspecified atom stereocenters. The smallest absolute Gasteiger partial charge is 0.258 e. The van der Waals surface area contributed by atoms with Gasteiger partial charge in [-0.05, 0) is 37.8 Å². The summed E-state index contributed by atoms with van der Waals surface area (Å²) < 4.78 is 44.7. The number of hydrogen-bond donors (Lipinski definition) is 0. The molecule has 0 N–H and O–H groups in total. The topological polar surface area (TPSA) is 68.3 Å². The Balaban J connectivity index is 1.45. The third-order valence-corrected chi connectivity index (χ3v) is 6.72. The van der Waals surface area contributed by atoms with Gasteiger partial charge in [0, 0.05) is 36.6 Å².